The molecule has 30 heavy (non-hydrogen) atoms. The smallest absolute Gasteiger partial charge is 0.246 e. The minimum atomic E-state index is -0.253. The number of hydrogen-bond acceptors (Lipinski definition) is 4. The van der Waals surface area contributed by atoms with Crippen molar-refractivity contribution in [1.82, 2.24) is 19.1 Å². The Morgan fingerprint density at radius 2 is 1.80 bits per heavy atom. The maximum atomic E-state index is 12.6. The van der Waals surface area contributed by atoms with Gasteiger partial charge in [0.05, 0.1) is 12.7 Å². The number of carbonyl (C=O) groups is 1. The van der Waals surface area contributed by atoms with Crippen LogP contribution >= 0.6 is 23.8 Å². The lowest BCUT2D eigenvalue weighted by molar-refractivity contribution is -0.116. The molecule has 2 aromatic heterocycles. The lowest BCUT2D eigenvalue weighted by Crippen LogP contribution is -2.20. The minimum Gasteiger partial charge on any atom is -0.496 e. The summed E-state index contributed by atoms with van der Waals surface area (Å²) < 4.78 is 10.9. The van der Waals surface area contributed by atoms with Crippen molar-refractivity contribution in [3.63, 3.8) is 0 Å². The molecule has 1 N–H and O–H groups in total. The van der Waals surface area contributed by atoms with Crippen LogP contribution in [0.25, 0.3) is 11.4 Å². The van der Waals surface area contributed by atoms with Crippen LogP contribution in [0.15, 0.2) is 73.1 Å². The van der Waals surface area contributed by atoms with Gasteiger partial charge in [0.15, 0.2) is 5.82 Å². The first-order valence-corrected chi connectivity index (χ1v) is 9.88. The highest BCUT2D eigenvalue weighted by Crippen LogP contribution is 2.29. The fourth-order valence-corrected chi connectivity index (χ4v) is 3.45. The van der Waals surface area contributed by atoms with E-state index in [9.17, 15) is 4.79 Å². The number of amides is 1. The molecule has 4 rings (SSSR count). The third kappa shape index (κ3) is 4.00. The van der Waals surface area contributed by atoms with E-state index in [0.717, 1.165) is 5.56 Å². The number of benzene rings is 2. The molecule has 0 saturated carbocycles. The second-order valence-electron chi connectivity index (χ2n) is 6.39. The molecule has 0 unspecified atom stereocenters. The summed E-state index contributed by atoms with van der Waals surface area (Å²) in [5.74, 6) is 0.966. The van der Waals surface area contributed by atoms with E-state index >= 15 is 0 Å². The fourth-order valence-electron chi connectivity index (χ4n) is 3.04. The Kier molecular flexibility index (Phi) is 5.69. The quantitative estimate of drug-likeness (QED) is 0.449. The van der Waals surface area contributed by atoms with Crippen molar-refractivity contribution in [2.24, 2.45) is 0 Å². The Hall–Kier alpha value is -3.36. The molecule has 2 heterocycles. The van der Waals surface area contributed by atoms with Crippen LogP contribution in [0.3, 0.4) is 0 Å². The van der Waals surface area contributed by atoms with Gasteiger partial charge in [0.25, 0.3) is 0 Å². The van der Waals surface area contributed by atoms with Crippen LogP contribution in [0.5, 0.6) is 5.75 Å². The molecule has 2 aromatic carbocycles. The zero-order valence-corrected chi connectivity index (χ0v) is 17.6. The van der Waals surface area contributed by atoms with Gasteiger partial charge in [-0.15, -0.1) is 5.10 Å². The average Bonchev–Trinajstić information content (AvgIpc) is 3.38. The first-order valence-electron chi connectivity index (χ1n) is 9.09. The zero-order valence-electron chi connectivity index (χ0n) is 16.0. The highest BCUT2D eigenvalue weighted by molar-refractivity contribution is 7.71. The summed E-state index contributed by atoms with van der Waals surface area (Å²) in [4.78, 5) is 12.6. The first kappa shape index (κ1) is 19.9. The number of carbonyl (C=O) groups excluding carboxylic acids is 1. The van der Waals surface area contributed by atoms with Crippen LogP contribution in [0.4, 0.5) is 5.69 Å². The number of nitrogens with zero attached hydrogens (tertiary/aromatic N) is 4. The second-order valence-corrected chi connectivity index (χ2v) is 7.20. The summed E-state index contributed by atoms with van der Waals surface area (Å²) in [6, 6.07) is 18.2. The molecule has 0 saturated heterocycles. The predicted molar refractivity (Wildman–Crippen MR) is 118 cm³/mol. The maximum Gasteiger partial charge on any atom is 0.246 e. The average molecular weight is 440 g/mol. The molecule has 0 atom stereocenters. The molecule has 0 aliphatic carbocycles. The molecule has 9 heteroatoms. The highest BCUT2D eigenvalue weighted by Gasteiger charge is 2.18. The van der Waals surface area contributed by atoms with Gasteiger partial charge in [-0.1, -0.05) is 23.7 Å². The summed E-state index contributed by atoms with van der Waals surface area (Å²) in [7, 11) is 1.60. The largest absolute Gasteiger partial charge is 0.496 e. The van der Waals surface area contributed by atoms with Crippen molar-refractivity contribution in [2.45, 2.75) is 6.54 Å². The molecule has 0 bridgehead atoms. The fraction of sp³-hybridized carbons (Fsp3) is 0.0952. The van der Waals surface area contributed by atoms with Crippen LogP contribution in [0, 0.1) is 4.77 Å². The molecule has 0 radical (unpaired) electrons. The normalized spacial score (nSPS) is 10.7. The molecule has 0 fully saturated rings. The third-order valence-corrected chi connectivity index (χ3v) is 5.04. The molecule has 7 nitrogen and oxygen atoms in total. The van der Waals surface area contributed by atoms with Crippen molar-refractivity contribution in [2.75, 3.05) is 12.4 Å². The van der Waals surface area contributed by atoms with E-state index in [2.05, 4.69) is 10.4 Å². The number of methoxy groups -OCH3 is 1. The molecule has 4 aromatic rings. The standard InChI is InChI=1S/C21H18ClN5O2S/c1-29-18-7-3-2-6-17(18)20-24-26(21(30)27(20)25-12-4-5-13-25)14-19(28)23-16-10-8-15(22)9-11-16/h2-13H,14H2,1H3,(H,23,28). The minimum absolute atomic E-state index is 0.0438. The van der Waals surface area contributed by atoms with Crippen LogP contribution in [-0.2, 0) is 11.3 Å². The number of anilines is 1. The van der Waals surface area contributed by atoms with E-state index in [1.807, 2.05) is 53.5 Å². The number of para-hydroxylation sites is 1. The van der Waals surface area contributed by atoms with Gasteiger partial charge >= 0.3 is 0 Å². The first-order chi connectivity index (χ1) is 14.6. The van der Waals surface area contributed by atoms with Crippen molar-refractivity contribution in [3.05, 3.63) is 82.9 Å². The van der Waals surface area contributed by atoms with Crippen LogP contribution in [0.1, 0.15) is 0 Å². The van der Waals surface area contributed by atoms with Gasteiger partial charge in [-0.3, -0.25) is 9.47 Å². The van der Waals surface area contributed by atoms with Gasteiger partial charge in [0.2, 0.25) is 10.7 Å². The van der Waals surface area contributed by atoms with Gasteiger partial charge in [0, 0.05) is 23.1 Å². The zero-order chi connectivity index (χ0) is 21.1. The van der Waals surface area contributed by atoms with Crippen molar-refractivity contribution in [1.29, 1.82) is 0 Å². The molecule has 1 amide bonds. The van der Waals surface area contributed by atoms with Crippen molar-refractivity contribution in [3.8, 4) is 17.1 Å². The van der Waals surface area contributed by atoms with E-state index in [-0.39, 0.29) is 12.5 Å². The SMILES string of the molecule is COc1ccccc1-c1nn(CC(=O)Nc2ccc(Cl)cc2)c(=S)n1-n1cccc1. The molecular formula is C21H18ClN5O2S. The predicted octanol–water partition coefficient (Wildman–Crippen LogP) is 4.49. The number of ether oxygens (including phenoxy) is 1. The van der Waals surface area contributed by atoms with E-state index in [1.54, 1.807) is 36.1 Å². The molecule has 0 aliphatic rings. The maximum absolute atomic E-state index is 12.6. The van der Waals surface area contributed by atoms with E-state index in [0.29, 0.717) is 27.1 Å². The van der Waals surface area contributed by atoms with Gasteiger partial charge in [-0.05, 0) is 60.7 Å². The van der Waals surface area contributed by atoms with Crippen LogP contribution in [-0.4, -0.2) is 32.1 Å². The van der Waals surface area contributed by atoms with Crippen molar-refractivity contribution < 1.29 is 9.53 Å². The highest BCUT2D eigenvalue weighted by atomic mass is 35.5. The summed E-state index contributed by atoms with van der Waals surface area (Å²) in [6.07, 6.45) is 3.71. The Bertz CT molecular complexity index is 1230. The van der Waals surface area contributed by atoms with Crippen LogP contribution < -0.4 is 10.1 Å². The lowest BCUT2D eigenvalue weighted by Gasteiger charge is -2.10. The Morgan fingerprint density at radius 3 is 2.50 bits per heavy atom. The monoisotopic (exact) mass is 439 g/mol. The second kappa shape index (κ2) is 8.56. The molecule has 0 aliphatic heterocycles. The lowest BCUT2D eigenvalue weighted by atomic mass is 10.2. The molecule has 152 valence electrons. The summed E-state index contributed by atoms with van der Waals surface area (Å²) in [6.45, 7) is -0.0438. The van der Waals surface area contributed by atoms with Gasteiger partial charge in [0.1, 0.15) is 12.3 Å². The number of aromatic nitrogens is 4. The number of halogens is 1. The number of rotatable bonds is 6. The summed E-state index contributed by atoms with van der Waals surface area (Å²) in [5, 5.41) is 8.06. The van der Waals surface area contributed by atoms with Gasteiger partial charge in [-0.25, -0.2) is 9.36 Å². The Morgan fingerprint density at radius 1 is 1.10 bits per heavy atom. The molecule has 0 spiro atoms. The Balaban J connectivity index is 1.72. The number of nitrogens with one attached hydrogen (secondary N) is 1. The third-order valence-electron chi connectivity index (χ3n) is 4.41. The topological polar surface area (TPSA) is 66.0 Å². The van der Waals surface area contributed by atoms with Gasteiger partial charge in [-0.2, -0.15) is 0 Å². The van der Waals surface area contributed by atoms with Crippen molar-refractivity contribution >= 4 is 35.4 Å². The van der Waals surface area contributed by atoms with Crippen LogP contribution in [0.2, 0.25) is 5.02 Å². The van der Waals surface area contributed by atoms with Gasteiger partial charge < -0.3 is 10.1 Å². The van der Waals surface area contributed by atoms with E-state index in [4.69, 9.17) is 28.6 Å². The summed E-state index contributed by atoms with van der Waals surface area (Å²) >= 11 is 11.5. The van der Waals surface area contributed by atoms with E-state index in [1.165, 1.54) is 4.68 Å². The Labute approximate surface area is 183 Å². The van der Waals surface area contributed by atoms with E-state index < -0.39 is 0 Å². The number of hydrogen-bond donors (Lipinski definition) is 1. The summed E-state index contributed by atoms with van der Waals surface area (Å²) in [5.41, 5.74) is 1.40. The molecular weight excluding hydrogens is 422 g/mol.